The molecule has 1 aliphatic heterocycles. The molecule has 142 valence electrons. The van der Waals surface area contributed by atoms with Crippen molar-refractivity contribution in [2.24, 2.45) is 0 Å². The molecule has 0 N–H and O–H groups in total. The van der Waals surface area contributed by atoms with Crippen molar-refractivity contribution in [3.05, 3.63) is 65.5 Å². The lowest BCUT2D eigenvalue weighted by Gasteiger charge is -2.35. The van der Waals surface area contributed by atoms with Crippen LogP contribution in [0.1, 0.15) is 11.1 Å². The molecule has 2 amide bonds. The lowest BCUT2D eigenvalue weighted by molar-refractivity contribution is -0.138. The molecule has 2 aromatic rings. The molecule has 27 heavy (non-hydrogen) atoms. The molecule has 2 aromatic carbocycles. The van der Waals surface area contributed by atoms with Crippen LogP contribution < -0.4 is 4.74 Å². The zero-order valence-electron chi connectivity index (χ0n) is 15.4. The van der Waals surface area contributed by atoms with Gasteiger partial charge in [-0.2, -0.15) is 0 Å². The number of amides is 2. The van der Waals surface area contributed by atoms with Gasteiger partial charge in [0.05, 0.1) is 20.0 Å². The quantitative estimate of drug-likeness (QED) is 0.811. The molecular weight excluding hydrogens is 347 g/mol. The van der Waals surface area contributed by atoms with Gasteiger partial charge in [0.15, 0.2) is 0 Å². The first-order valence-corrected chi connectivity index (χ1v) is 8.98. The number of methoxy groups -OCH3 is 1. The average Bonchev–Trinajstić information content (AvgIpc) is 2.69. The molecule has 0 atom stereocenters. The van der Waals surface area contributed by atoms with E-state index in [0.29, 0.717) is 43.9 Å². The Morgan fingerprint density at radius 2 is 1.52 bits per heavy atom. The summed E-state index contributed by atoms with van der Waals surface area (Å²) in [5.74, 6) is 0.0884. The Balaban J connectivity index is 1.53. The van der Waals surface area contributed by atoms with Gasteiger partial charge >= 0.3 is 0 Å². The first-order chi connectivity index (χ1) is 13.1. The van der Waals surface area contributed by atoms with Crippen molar-refractivity contribution >= 4 is 11.8 Å². The molecule has 1 saturated heterocycles. The summed E-state index contributed by atoms with van der Waals surface area (Å²) in [6, 6.07) is 13.8. The Bertz CT molecular complexity index is 802. The van der Waals surface area contributed by atoms with Gasteiger partial charge < -0.3 is 14.5 Å². The van der Waals surface area contributed by atoms with Crippen molar-refractivity contribution in [1.29, 1.82) is 0 Å². The van der Waals surface area contributed by atoms with Gasteiger partial charge in [0.25, 0.3) is 0 Å². The number of carbonyl (C=O) groups is 2. The molecule has 1 fully saturated rings. The van der Waals surface area contributed by atoms with E-state index in [2.05, 4.69) is 0 Å². The molecule has 1 heterocycles. The van der Waals surface area contributed by atoms with Gasteiger partial charge in [-0.15, -0.1) is 0 Å². The summed E-state index contributed by atoms with van der Waals surface area (Å²) in [6.45, 7) is 1.99. The van der Waals surface area contributed by atoms with Crippen molar-refractivity contribution in [3.63, 3.8) is 0 Å². The molecule has 0 radical (unpaired) electrons. The normalized spacial score (nSPS) is 14.1. The van der Waals surface area contributed by atoms with Crippen LogP contribution in [0, 0.1) is 5.82 Å². The van der Waals surface area contributed by atoms with Crippen LogP contribution in [-0.4, -0.2) is 54.9 Å². The van der Waals surface area contributed by atoms with Gasteiger partial charge in [-0.05, 0) is 23.8 Å². The minimum Gasteiger partial charge on any atom is -0.496 e. The van der Waals surface area contributed by atoms with E-state index < -0.39 is 5.82 Å². The van der Waals surface area contributed by atoms with Crippen LogP contribution in [-0.2, 0) is 22.4 Å². The van der Waals surface area contributed by atoms with Crippen molar-refractivity contribution in [1.82, 2.24) is 9.80 Å². The second kappa shape index (κ2) is 8.66. The fourth-order valence-electron chi connectivity index (χ4n) is 3.25. The SMILES string of the molecule is COc1ccc(F)cc1CC(=O)N1CCN(C(=O)Cc2ccccc2)CC1. The third-order valence-corrected chi connectivity index (χ3v) is 4.77. The van der Waals surface area contributed by atoms with Crippen LogP contribution in [0.5, 0.6) is 5.75 Å². The van der Waals surface area contributed by atoms with Gasteiger partial charge in [-0.3, -0.25) is 9.59 Å². The summed E-state index contributed by atoms with van der Waals surface area (Å²) < 4.78 is 18.7. The van der Waals surface area contributed by atoms with Gasteiger partial charge in [-0.25, -0.2) is 4.39 Å². The first-order valence-electron chi connectivity index (χ1n) is 8.98. The number of hydrogen-bond acceptors (Lipinski definition) is 3. The highest BCUT2D eigenvalue weighted by atomic mass is 19.1. The van der Waals surface area contributed by atoms with Gasteiger partial charge in [0, 0.05) is 31.7 Å². The van der Waals surface area contributed by atoms with Crippen molar-refractivity contribution in [2.45, 2.75) is 12.8 Å². The molecule has 1 aliphatic rings. The van der Waals surface area contributed by atoms with E-state index >= 15 is 0 Å². The van der Waals surface area contributed by atoms with Crippen LogP contribution in [0.3, 0.4) is 0 Å². The predicted octanol–water partition coefficient (Wildman–Crippen LogP) is 2.29. The number of piperazine rings is 1. The molecule has 6 heteroatoms. The molecule has 0 saturated carbocycles. The Hall–Kier alpha value is -2.89. The number of rotatable bonds is 5. The summed E-state index contributed by atoms with van der Waals surface area (Å²) in [6.07, 6.45) is 0.453. The molecule has 0 aromatic heterocycles. The molecule has 5 nitrogen and oxygen atoms in total. The molecule has 0 spiro atoms. The summed E-state index contributed by atoms with van der Waals surface area (Å²) in [5.41, 5.74) is 1.52. The van der Waals surface area contributed by atoms with Crippen molar-refractivity contribution in [3.8, 4) is 5.75 Å². The molecule has 0 bridgehead atoms. The first kappa shape index (κ1) is 18.9. The molecule has 3 rings (SSSR count). The smallest absolute Gasteiger partial charge is 0.227 e. The van der Waals surface area contributed by atoms with Crippen LogP contribution >= 0.6 is 0 Å². The lowest BCUT2D eigenvalue weighted by atomic mass is 10.1. The van der Waals surface area contributed by atoms with E-state index in [1.807, 2.05) is 30.3 Å². The third-order valence-electron chi connectivity index (χ3n) is 4.77. The monoisotopic (exact) mass is 370 g/mol. The van der Waals surface area contributed by atoms with Crippen molar-refractivity contribution < 1.29 is 18.7 Å². The van der Waals surface area contributed by atoms with E-state index in [1.165, 1.54) is 25.3 Å². The van der Waals surface area contributed by atoms with Crippen LogP contribution in [0.2, 0.25) is 0 Å². The lowest BCUT2D eigenvalue weighted by Crippen LogP contribution is -2.51. The van der Waals surface area contributed by atoms with Gasteiger partial charge in [0.2, 0.25) is 11.8 Å². The topological polar surface area (TPSA) is 49.9 Å². The fraction of sp³-hybridized carbons (Fsp3) is 0.333. The Kier molecular flexibility index (Phi) is 6.06. The van der Waals surface area contributed by atoms with Crippen molar-refractivity contribution in [2.75, 3.05) is 33.3 Å². The summed E-state index contributed by atoms with van der Waals surface area (Å²) >= 11 is 0. The highest BCUT2D eigenvalue weighted by Gasteiger charge is 2.24. The zero-order valence-corrected chi connectivity index (χ0v) is 15.4. The van der Waals surface area contributed by atoms with Crippen LogP contribution in [0.25, 0.3) is 0 Å². The molecular formula is C21H23FN2O3. The van der Waals surface area contributed by atoms with E-state index in [-0.39, 0.29) is 18.2 Å². The van der Waals surface area contributed by atoms with E-state index in [4.69, 9.17) is 4.74 Å². The van der Waals surface area contributed by atoms with Gasteiger partial charge in [-0.1, -0.05) is 30.3 Å². The average molecular weight is 370 g/mol. The van der Waals surface area contributed by atoms with Crippen LogP contribution in [0.15, 0.2) is 48.5 Å². The number of halogens is 1. The molecule has 0 unspecified atom stereocenters. The second-order valence-electron chi connectivity index (χ2n) is 6.56. The summed E-state index contributed by atoms with van der Waals surface area (Å²) in [5, 5.41) is 0. The highest BCUT2D eigenvalue weighted by Crippen LogP contribution is 2.21. The Morgan fingerprint density at radius 3 is 2.11 bits per heavy atom. The third kappa shape index (κ3) is 4.84. The maximum absolute atomic E-state index is 13.5. The maximum Gasteiger partial charge on any atom is 0.227 e. The zero-order chi connectivity index (χ0) is 19.2. The summed E-state index contributed by atoms with van der Waals surface area (Å²) in [4.78, 5) is 28.5. The number of nitrogens with zero attached hydrogens (tertiary/aromatic N) is 2. The minimum absolute atomic E-state index is 0.0695. The standard InChI is InChI=1S/C21H23FN2O3/c1-27-19-8-7-18(22)14-17(19)15-21(26)24-11-9-23(10-12-24)20(25)13-16-5-3-2-4-6-16/h2-8,14H,9-13,15H2,1H3. The van der Waals surface area contributed by atoms with E-state index in [1.54, 1.807) is 9.80 Å². The number of hydrogen-bond donors (Lipinski definition) is 0. The summed E-state index contributed by atoms with van der Waals surface area (Å²) in [7, 11) is 1.50. The number of carbonyl (C=O) groups excluding carboxylic acids is 2. The minimum atomic E-state index is -0.394. The van der Waals surface area contributed by atoms with Gasteiger partial charge in [0.1, 0.15) is 11.6 Å². The number of ether oxygens (including phenoxy) is 1. The fourth-order valence-corrected chi connectivity index (χ4v) is 3.25. The van der Waals surface area contributed by atoms with Crippen LogP contribution in [0.4, 0.5) is 4.39 Å². The second-order valence-corrected chi connectivity index (χ2v) is 6.56. The predicted molar refractivity (Wildman–Crippen MR) is 100.0 cm³/mol. The van der Waals surface area contributed by atoms with E-state index in [9.17, 15) is 14.0 Å². The Morgan fingerprint density at radius 1 is 0.926 bits per heavy atom. The Labute approximate surface area is 158 Å². The molecule has 0 aliphatic carbocycles. The largest absolute Gasteiger partial charge is 0.496 e. The number of benzene rings is 2. The maximum atomic E-state index is 13.5. The van der Waals surface area contributed by atoms with E-state index in [0.717, 1.165) is 5.56 Å². The highest BCUT2D eigenvalue weighted by molar-refractivity contribution is 5.81.